The molecule has 0 radical (unpaired) electrons. The summed E-state index contributed by atoms with van der Waals surface area (Å²) in [4.78, 5) is 112. The van der Waals surface area contributed by atoms with Gasteiger partial charge in [-0.2, -0.15) is 0 Å². The molecule has 41 nitrogen and oxygen atoms in total. The van der Waals surface area contributed by atoms with Crippen LogP contribution >= 0.6 is 22.6 Å². The highest BCUT2D eigenvalue weighted by molar-refractivity contribution is 14.1. The van der Waals surface area contributed by atoms with E-state index in [9.17, 15) is 84.0 Å². The van der Waals surface area contributed by atoms with Crippen molar-refractivity contribution in [3.63, 3.8) is 0 Å². The predicted molar refractivity (Wildman–Crippen MR) is 429 cm³/mol. The molecule has 6 fully saturated rings. The largest absolute Gasteiger partial charge is 0.468 e. The lowest BCUT2D eigenvalue weighted by molar-refractivity contribution is -0.287. The predicted octanol–water partition coefficient (Wildman–Crippen LogP) is -3.69. The fourth-order valence-electron chi connectivity index (χ4n) is 11.3. The zero-order chi connectivity index (χ0) is 89.4. The average Bonchev–Trinajstić information content (AvgIpc) is 0.806. The van der Waals surface area contributed by atoms with Crippen LogP contribution in [0.1, 0.15) is 131 Å². The molecule has 6 aliphatic rings. The number of halogens is 1. The number of hydrogen-bond donors (Lipinski definition) is 14. The van der Waals surface area contributed by atoms with Crippen LogP contribution in [0.25, 0.3) is 0 Å². The Morgan fingerprint density at radius 1 is 0.410 bits per heavy atom. The summed E-state index contributed by atoms with van der Waals surface area (Å²) in [5.41, 5.74) is 0. The van der Waals surface area contributed by atoms with Crippen molar-refractivity contribution in [1.82, 2.24) is 51.5 Å². The Bertz CT molecular complexity index is 2760. The topological polar surface area (TPSA) is 530 Å². The lowest BCUT2D eigenvalue weighted by Gasteiger charge is -2.46. The number of carbonyl (C=O) groups excluding carboxylic acids is 9. The third kappa shape index (κ3) is 41.7. The second-order valence-electron chi connectivity index (χ2n) is 31.2. The third-order valence-corrected chi connectivity index (χ3v) is 19.3. The number of aliphatic hydroxyl groups excluding tert-OH is 8. The Hall–Kier alpha value is -4.96. The lowest BCUT2D eigenvalue weighted by atomic mass is 10.1. The lowest BCUT2D eigenvalue weighted by Crippen LogP contribution is -2.60. The van der Waals surface area contributed by atoms with Crippen LogP contribution in [0.3, 0.4) is 0 Å². The number of hydrogen-bond acceptors (Lipinski definition) is 34. The number of ether oxygens (including phenoxy) is 14. The number of carbonyl (C=O) groups is 9. The Balaban J connectivity index is 0.000000724. The first kappa shape index (κ1) is 110. The highest BCUT2D eigenvalue weighted by Gasteiger charge is 2.43. The minimum absolute atomic E-state index is 0.0365. The first-order valence-electron chi connectivity index (χ1n) is 39.1. The molecule has 0 aliphatic carbocycles. The standard InChI is InChI=1S/C18H34N4O8.C15H27NO6.C15H27NO5.C12H25N3O6.C12H23NO4.C3H5IO2/c1-10(2)16(28)20-12(4)18(30)21-11(3)17(29)19-5-15(27)22(13(6-23)7-24)14(8-25)9-26;1-14(2)19-7-11(8-20-14)16(6-13(17)18-5)12-9-21-15(3,4)22-10-12;1-6-13(17)16(11-7-18-14(2,3)19-8-11)12-9-20-15(4,5)21-10-12;1-8(12(21)13-2)14-11(20)3-15(9(4-16)5-17)10(6-18)7-19;1-11(2)14-5-9(6-15-11)13-10-7-16-12(3,4)17-8-10;1-6-3(5)2-4/h10-14,23-26H,5-9H2,1-4H3,(H,19,29)(H,20,28)(H,21,30);11-12H,6-10H2,1-5H3;11-12H,6-10H2,1-5H3;8-10,16-19H,3-7H2,1-2H3,(H,13,21)(H,14,20);9-10,13H,5-8H2,1-4H3;2H2,1H3. The van der Waals surface area contributed by atoms with Gasteiger partial charge in [-0.3, -0.25) is 53.0 Å². The summed E-state index contributed by atoms with van der Waals surface area (Å²) in [6.07, 6.45) is 0.444. The van der Waals surface area contributed by atoms with Crippen molar-refractivity contribution in [2.24, 2.45) is 5.92 Å². The maximum Gasteiger partial charge on any atom is 0.319 e. The maximum atomic E-state index is 12.4. The van der Waals surface area contributed by atoms with E-state index in [4.69, 9.17) is 61.6 Å². The van der Waals surface area contributed by atoms with Crippen molar-refractivity contribution in [2.45, 2.75) is 244 Å². The van der Waals surface area contributed by atoms with E-state index in [1.54, 1.807) is 13.8 Å². The van der Waals surface area contributed by atoms with Crippen LogP contribution in [0.4, 0.5) is 0 Å². The molecule has 0 bridgehead atoms. The SMILES string of the molecule is CC(C)C(=O)NC(C)C(=O)NC(C)C(=O)NCC(=O)N(C(CO)CO)C(CO)CO.CC1(C)OCC(NC2COC(C)(C)OC2)CO1.CCC(=O)N(C1COC(C)(C)OC1)C1COC(C)(C)OC1.CNC(=O)C(C)NC(=O)CN(C(CO)CO)C(CO)CO.COC(=O)CI.COC(=O)CN(C1COC(C)(C)OC1)C1COC(C)(C)OC1. The summed E-state index contributed by atoms with van der Waals surface area (Å²) < 4.78 is 77.5. The summed E-state index contributed by atoms with van der Waals surface area (Å²) in [6.45, 7) is 33.9. The Labute approximate surface area is 702 Å². The minimum Gasteiger partial charge on any atom is -0.468 e. The van der Waals surface area contributed by atoms with Gasteiger partial charge >= 0.3 is 11.9 Å². The molecule has 684 valence electrons. The van der Waals surface area contributed by atoms with E-state index in [0.29, 0.717) is 90.1 Å². The average molecular weight is 1810 g/mol. The number of rotatable bonds is 33. The van der Waals surface area contributed by atoms with E-state index in [-0.39, 0.29) is 84.9 Å². The fourth-order valence-corrected chi connectivity index (χ4v) is 11.6. The van der Waals surface area contributed by atoms with E-state index < -0.39 is 160 Å². The van der Waals surface area contributed by atoms with Gasteiger partial charge in [0.1, 0.15) is 18.1 Å². The quantitative estimate of drug-likeness (QED) is 0.0171. The van der Waals surface area contributed by atoms with E-state index in [1.807, 2.05) is 122 Å². The van der Waals surface area contributed by atoms with Crippen LogP contribution in [0.5, 0.6) is 0 Å². The van der Waals surface area contributed by atoms with E-state index in [2.05, 4.69) is 36.6 Å². The molecular weight excluding hydrogens is 1660 g/mol. The number of nitrogens with one attached hydrogen (secondary N) is 6. The van der Waals surface area contributed by atoms with Crippen molar-refractivity contribution in [3.05, 3.63) is 0 Å². The van der Waals surface area contributed by atoms with Crippen LogP contribution < -0.4 is 31.9 Å². The number of amides is 7. The number of alkyl halides is 1. The van der Waals surface area contributed by atoms with Crippen molar-refractivity contribution in [2.75, 3.05) is 177 Å². The molecule has 3 unspecified atom stereocenters. The monoisotopic (exact) mass is 1800 g/mol. The molecule has 6 saturated heterocycles. The molecule has 0 aromatic carbocycles. The molecule has 6 aliphatic heterocycles. The molecule has 117 heavy (non-hydrogen) atoms. The summed E-state index contributed by atoms with van der Waals surface area (Å²) >= 11 is 1.94. The smallest absolute Gasteiger partial charge is 0.319 e. The third-order valence-electron chi connectivity index (χ3n) is 18.7. The summed E-state index contributed by atoms with van der Waals surface area (Å²) in [7, 11) is 4.20. The van der Waals surface area contributed by atoms with Crippen molar-refractivity contribution >= 4 is 75.9 Å². The van der Waals surface area contributed by atoms with Crippen LogP contribution in [0, 0.1) is 5.92 Å². The number of aliphatic hydroxyl groups is 8. The normalized spacial score (nSPS) is 20.1. The van der Waals surface area contributed by atoms with Gasteiger partial charge < -0.3 is 149 Å². The van der Waals surface area contributed by atoms with E-state index in [0.717, 1.165) is 4.90 Å². The molecule has 0 aromatic heterocycles. The van der Waals surface area contributed by atoms with Gasteiger partial charge in [-0.05, 0) is 104 Å². The van der Waals surface area contributed by atoms with Crippen molar-refractivity contribution in [1.29, 1.82) is 0 Å². The number of likely N-dealkylation sites (N-methyl/N-ethyl adjacent to an activating group) is 1. The Morgan fingerprint density at radius 2 is 0.718 bits per heavy atom. The molecule has 6 rings (SSSR count). The summed E-state index contributed by atoms with van der Waals surface area (Å²) in [6, 6.07) is -6.19. The second kappa shape index (κ2) is 54.5. The van der Waals surface area contributed by atoms with Crippen LogP contribution in [-0.4, -0.2) is 404 Å². The van der Waals surface area contributed by atoms with Crippen LogP contribution in [0.2, 0.25) is 0 Å². The Morgan fingerprint density at radius 3 is 1.01 bits per heavy atom. The zero-order valence-corrected chi connectivity index (χ0v) is 74.6. The summed E-state index contributed by atoms with van der Waals surface area (Å²) in [5.74, 6) is -7.19. The molecule has 0 aromatic rings. The Kier molecular flexibility index (Phi) is 51.3. The molecule has 0 spiro atoms. The van der Waals surface area contributed by atoms with E-state index in [1.165, 1.54) is 46.9 Å². The molecule has 14 N–H and O–H groups in total. The van der Waals surface area contributed by atoms with Gasteiger partial charge in [0.05, 0.1) is 231 Å². The highest BCUT2D eigenvalue weighted by Crippen LogP contribution is 2.29. The maximum absolute atomic E-state index is 12.4. The van der Waals surface area contributed by atoms with Gasteiger partial charge in [0.25, 0.3) is 0 Å². The summed E-state index contributed by atoms with van der Waals surface area (Å²) in [5, 5.41) is 89.6. The van der Waals surface area contributed by atoms with Gasteiger partial charge in [0.2, 0.25) is 41.4 Å². The van der Waals surface area contributed by atoms with Gasteiger partial charge in [0.15, 0.2) is 34.7 Å². The number of methoxy groups -OCH3 is 2. The first-order valence-corrected chi connectivity index (χ1v) is 40.7. The van der Waals surface area contributed by atoms with Gasteiger partial charge in [-0.25, -0.2) is 0 Å². The fraction of sp³-hybridized carbons (Fsp3) is 0.880. The first-order chi connectivity index (χ1) is 54.6. The molecule has 3 atom stereocenters. The van der Waals surface area contributed by atoms with E-state index >= 15 is 0 Å². The van der Waals surface area contributed by atoms with Crippen LogP contribution in [-0.2, 0) is 109 Å². The van der Waals surface area contributed by atoms with Gasteiger partial charge in [-0.15, -0.1) is 0 Å². The molecule has 7 amide bonds. The second-order valence-corrected chi connectivity index (χ2v) is 32.0. The molecular formula is C75H141IN10O31. The van der Waals surface area contributed by atoms with Crippen molar-refractivity contribution in [3.8, 4) is 0 Å². The number of nitrogens with zero attached hydrogens (tertiary/aromatic N) is 4. The zero-order valence-electron chi connectivity index (χ0n) is 72.4. The highest BCUT2D eigenvalue weighted by atomic mass is 127. The molecule has 42 heteroatoms. The van der Waals surface area contributed by atoms with Crippen molar-refractivity contribution < 1.29 is 150 Å². The van der Waals surface area contributed by atoms with Gasteiger partial charge in [0, 0.05) is 19.4 Å². The number of esters is 2. The molecule has 6 heterocycles. The van der Waals surface area contributed by atoms with Crippen LogP contribution in [0.15, 0.2) is 0 Å². The minimum atomic E-state index is -1.07. The molecule has 0 saturated carbocycles. The van der Waals surface area contributed by atoms with Gasteiger partial charge in [-0.1, -0.05) is 43.4 Å².